The van der Waals surface area contributed by atoms with E-state index in [9.17, 15) is 67.1 Å². The second kappa shape index (κ2) is 21.8. The number of alkyl halides is 3. The van der Waals surface area contributed by atoms with Crippen LogP contribution in [0.15, 0.2) is 36.8 Å². The molecule has 0 bridgehead atoms. The molecule has 0 aliphatic heterocycles. The molecule has 0 fully saturated rings. The Hall–Kier alpha value is -6.62. The summed E-state index contributed by atoms with van der Waals surface area (Å²) in [5, 5.41) is 48.9. The highest BCUT2D eigenvalue weighted by molar-refractivity contribution is 5.97. The van der Waals surface area contributed by atoms with Gasteiger partial charge in [0.25, 0.3) is 5.69 Å². The molecular weight excluding hydrogens is 749 g/mol. The summed E-state index contributed by atoms with van der Waals surface area (Å²) in [6.07, 6.45) is -4.19. The largest absolute Gasteiger partial charge is 0.490 e. The summed E-state index contributed by atoms with van der Waals surface area (Å²) in [6, 6.07) is -1.06. The van der Waals surface area contributed by atoms with E-state index in [1.165, 1.54) is 31.6 Å². The maximum atomic E-state index is 13.4. The fraction of sp³-hybridized carbons (Fsp3) is 0.452. The highest BCUT2D eigenvalue weighted by Crippen LogP contribution is 2.16. The van der Waals surface area contributed by atoms with E-state index >= 15 is 0 Å². The van der Waals surface area contributed by atoms with Crippen LogP contribution in [-0.2, 0) is 44.8 Å². The van der Waals surface area contributed by atoms with E-state index < -0.39 is 95.6 Å². The van der Waals surface area contributed by atoms with Gasteiger partial charge >= 0.3 is 24.1 Å². The molecule has 24 heteroatoms. The van der Waals surface area contributed by atoms with Crippen molar-refractivity contribution < 1.29 is 71.8 Å². The topological polar surface area (TPSA) is 329 Å². The number of aromatic nitrogens is 2. The zero-order valence-electron chi connectivity index (χ0n) is 29.3. The first-order chi connectivity index (χ1) is 25.5. The van der Waals surface area contributed by atoms with Crippen molar-refractivity contribution in [3.8, 4) is 0 Å². The molecular formula is C31H39F3N8O13. The summed E-state index contributed by atoms with van der Waals surface area (Å²) < 4.78 is 31.7. The Kier molecular flexibility index (Phi) is 18.4. The molecule has 1 aromatic carbocycles. The van der Waals surface area contributed by atoms with E-state index in [1.54, 1.807) is 13.8 Å². The molecule has 0 radical (unpaired) electrons. The van der Waals surface area contributed by atoms with Crippen LogP contribution in [0.4, 0.5) is 24.5 Å². The van der Waals surface area contributed by atoms with Crippen molar-refractivity contribution in [2.45, 2.75) is 83.2 Å². The zero-order valence-corrected chi connectivity index (χ0v) is 29.3. The Morgan fingerprint density at radius 3 is 1.84 bits per heavy atom. The second-order valence-electron chi connectivity index (χ2n) is 12.0. The highest BCUT2D eigenvalue weighted by Gasteiger charge is 2.38. The quantitative estimate of drug-likeness (QED) is 0.0691. The van der Waals surface area contributed by atoms with Crippen molar-refractivity contribution in [2.75, 3.05) is 5.32 Å². The number of nitro benzene ring substituents is 1. The Bertz CT molecular complexity index is 1690. The smallest absolute Gasteiger partial charge is 0.481 e. The standard InChI is InChI=1S/C29H38N8O11.C2HF3O2/c1-15(2)10-21(32-16(3)38)27(43)34-20(8-9-25(40)41)26(42)35-22(11-18-13-30-14-31-18)28(44)36-23(29(45)46)12-24(39)33-17-4-6-19(7-5-17)37(47)48;3-2(4,5)1(6)7/h4-7,13-15,20-23H,8-12H2,1-3H3,(H,30,31)(H,32,38)(H,33,39)(H,34,43)(H,35,42)(H,36,44)(H,40,41)(H,45,46);(H,6,7)/t20-,21-,22-,23-;/m0./s1. The van der Waals surface area contributed by atoms with Gasteiger partial charge in [-0.3, -0.25) is 38.9 Å². The Morgan fingerprint density at radius 2 is 1.38 bits per heavy atom. The van der Waals surface area contributed by atoms with Crippen LogP contribution in [0.25, 0.3) is 0 Å². The molecule has 1 heterocycles. The molecule has 9 N–H and O–H groups in total. The number of hydrogen-bond donors (Lipinski definition) is 9. The van der Waals surface area contributed by atoms with Gasteiger partial charge in [0, 0.05) is 49.5 Å². The number of H-pyrrole nitrogens is 1. The maximum Gasteiger partial charge on any atom is 0.490 e. The Labute approximate surface area is 309 Å². The number of nitro groups is 1. The van der Waals surface area contributed by atoms with Crippen molar-refractivity contribution in [3.63, 3.8) is 0 Å². The number of halogens is 3. The number of rotatable bonds is 19. The van der Waals surface area contributed by atoms with Gasteiger partial charge in [0.2, 0.25) is 29.5 Å². The molecule has 302 valence electrons. The van der Waals surface area contributed by atoms with E-state index in [0.717, 1.165) is 12.1 Å². The number of carbonyl (C=O) groups is 8. The average Bonchev–Trinajstić information content (AvgIpc) is 3.58. The Balaban J connectivity index is 0.00000196. The summed E-state index contributed by atoms with van der Waals surface area (Å²) in [7, 11) is 0. The van der Waals surface area contributed by atoms with E-state index in [0.29, 0.717) is 5.69 Å². The normalized spacial score (nSPS) is 13.0. The van der Waals surface area contributed by atoms with Gasteiger partial charge in [0.1, 0.15) is 24.2 Å². The molecule has 0 saturated heterocycles. The number of nitrogens with zero attached hydrogens (tertiary/aromatic N) is 2. The minimum absolute atomic E-state index is 0.0419. The molecule has 21 nitrogen and oxygen atoms in total. The third-order valence-corrected chi connectivity index (χ3v) is 6.90. The lowest BCUT2D eigenvalue weighted by Crippen LogP contribution is -2.58. The zero-order chi connectivity index (χ0) is 42.0. The lowest BCUT2D eigenvalue weighted by Gasteiger charge is -2.26. The number of benzene rings is 1. The SMILES string of the molecule is CC(=O)N[C@@H](CC(C)C)C(=O)N[C@@H](CCC(=O)O)C(=O)N[C@@H](Cc1cnc[nH]1)C(=O)N[C@@H](CC(=O)Nc1ccc([N+](=O)[O-])cc1)C(=O)O.O=C(O)C(F)(F)F. The summed E-state index contributed by atoms with van der Waals surface area (Å²) in [5.74, 6) is -9.78. The summed E-state index contributed by atoms with van der Waals surface area (Å²) in [5.41, 5.74) is 0.239. The van der Waals surface area contributed by atoms with E-state index in [-0.39, 0.29) is 36.6 Å². The van der Waals surface area contributed by atoms with Crippen LogP contribution in [0.3, 0.4) is 0 Å². The Morgan fingerprint density at radius 1 is 0.855 bits per heavy atom. The average molecular weight is 789 g/mol. The molecule has 55 heavy (non-hydrogen) atoms. The van der Waals surface area contributed by atoms with Crippen molar-refractivity contribution >= 4 is 58.8 Å². The van der Waals surface area contributed by atoms with Gasteiger partial charge in [-0.1, -0.05) is 13.8 Å². The highest BCUT2D eigenvalue weighted by atomic mass is 19.4. The van der Waals surface area contributed by atoms with Crippen LogP contribution in [0.1, 0.15) is 52.1 Å². The first-order valence-corrected chi connectivity index (χ1v) is 15.9. The monoisotopic (exact) mass is 788 g/mol. The van der Waals surface area contributed by atoms with Gasteiger partial charge in [-0.2, -0.15) is 13.2 Å². The number of aromatic amines is 1. The number of carbonyl (C=O) groups excluding carboxylic acids is 5. The van der Waals surface area contributed by atoms with Crippen molar-refractivity contribution in [3.05, 3.63) is 52.6 Å². The minimum atomic E-state index is -5.08. The molecule has 0 spiro atoms. The van der Waals surface area contributed by atoms with Gasteiger partial charge in [0.05, 0.1) is 17.7 Å². The lowest BCUT2D eigenvalue weighted by molar-refractivity contribution is -0.384. The van der Waals surface area contributed by atoms with Crippen LogP contribution >= 0.6 is 0 Å². The number of hydrogen-bond acceptors (Lipinski definition) is 11. The third-order valence-electron chi connectivity index (χ3n) is 6.90. The number of amides is 5. The van der Waals surface area contributed by atoms with E-state index in [1.807, 2.05) is 0 Å². The van der Waals surface area contributed by atoms with Crippen molar-refractivity contribution in [1.82, 2.24) is 31.2 Å². The van der Waals surface area contributed by atoms with E-state index in [4.69, 9.17) is 9.90 Å². The van der Waals surface area contributed by atoms with Crippen LogP contribution in [0.5, 0.6) is 0 Å². The molecule has 0 unspecified atom stereocenters. The van der Waals surface area contributed by atoms with Gasteiger partial charge in [-0.15, -0.1) is 0 Å². The summed E-state index contributed by atoms with van der Waals surface area (Å²) in [4.78, 5) is 113. The van der Waals surface area contributed by atoms with Gasteiger partial charge in [0.15, 0.2) is 0 Å². The van der Waals surface area contributed by atoms with Crippen LogP contribution in [-0.4, -0.2) is 108 Å². The van der Waals surface area contributed by atoms with Crippen LogP contribution in [0, 0.1) is 16.0 Å². The fourth-order valence-electron chi connectivity index (χ4n) is 4.39. The number of carboxylic acid groups (broad SMARTS) is 3. The van der Waals surface area contributed by atoms with Gasteiger partial charge in [-0.25, -0.2) is 14.6 Å². The van der Waals surface area contributed by atoms with Gasteiger partial charge in [-0.05, 0) is 30.9 Å². The van der Waals surface area contributed by atoms with Crippen LogP contribution in [0.2, 0.25) is 0 Å². The predicted octanol–water partition coefficient (Wildman–Crippen LogP) is 0.477. The second-order valence-corrected chi connectivity index (χ2v) is 12.0. The number of non-ortho nitro benzene ring substituents is 1. The maximum absolute atomic E-state index is 13.4. The summed E-state index contributed by atoms with van der Waals surface area (Å²) >= 11 is 0. The van der Waals surface area contributed by atoms with Gasteiger partial charge < -0.3 is 46.9 Å². The summed E-state index contributed by atoms with van der Waals surface area (Å²) in [6.45, 7) is 4.82. The van der Waals surface area contributed by atoms with Crippen molar-refractivity contribution in [2.24, 2.45) is 5.92 Å². The molecule has 0 aliphatic rings. The number of aliphatic carboxylic acids is 3. The molecule has 4 atom stereocenters. The number of carboxylic acids is 3. The molecule has 0 saturated carbocycles. The number of imidazole rings is 1. The molecule has 1 aromatic heterocycles. The molecule has 2 aromatic rings. The number of anilines is 1. The fourth-order valence-corrected chi connectivity index (χ4v) is 4.39. The molecule has 5 amide bonds. The van der Waals surface area contributed by atoms with Crippen molar-refractivity contribution in [1.29, 1.82) is 0 Å². The lowest BCUT2D eigenvalue weighted by atomic mass is 10.0. The van der Waals surface area contributed by atoms with E-state index in [2.05, 4.69) is 36.6 Å². The predicted molar refractivity (Wildman–Crippen MR) is 180 cm³/mol. The molecule has 0 aliphatic carbocycles. The number of nitrogens with one attached hydrogen (secondary N) is 6. The first kappa shape index (κ1) is 46.4. The molecule has 2 rings (SSSR count). The third kappa shape index (κ3) is 18.1. The minimum Gasteiger partial charge on any atom is -0.481 e. The van der Waals surface area contributed by atoms with Crippen LogP contribution < -0.4 is 26.6 Å². The first-order valence-electron chi connectivity index (χ1n) is 15.9.